The zero-order chi connectivity index (χ0) is 16.5. The van der Waals surface area contributed by atoms with E-state index in [2.05, 4.69) is 89.1 Å². The van der Waals surface area contributed by atoms with Gasteiger partial charge in [-0.3, -0.25) is 0 Å². The summed E-state index contributed by atoms with van der Waals surface area (Å²) in [7, 11) is 0. The second kappa shape index (κ2) is 5.93. The lowest BCUT2D eigenvalue weighted by Crippen LogP contribution is -2.37. The molecule has 0 fully saturated rings. The fourth-order valence-corrected chi connectivity index (χ4v) is 3.30. The van der Waals surface area contributed by atoms with E-state index in [4.69, 9.17) is 0 Å². The summed E-state index contributed by atoms with van der Waals surface area (Å²) < 4.78 is 2.30. The van der Waals surface area contributed by atoms with Crippen LogP contribution in [0.15, 0.2) is 73.1 Å². The monoisotopic (exact) mass is 314 g/mol. The molecule has 0 saturated carbocycles. The largest absolute Gasteiger partial charge is 0.344 e. The number of para-hydroxylation sites is 2. The molecule has 1 aromatic heterocycles. The minimum Gasteiger partial charge on any atom is -0.344 e. The fraction of sp³-hybridized carbons (Fsp3) is 0.143. The van der Waals surface area contributed by atoms with E-state index in [0.717, 1.165) is 23.3 Å². The Morgan fingerprint density at radius 1 is 1.00 bits per heavy atom. The number of hydrogen-bond acceptors (Lipinski definition) is 2. The number of rotatable bonds is 2. The Kier molecular flexibility index (Phi) is 3.62. The van der Waals surface area contributed by atoms with Gasteiger partial charge in [-0.25, -0.2) is 4.98 Å². The summed E-state index contributed by atoms with van der Waals surface area (Å²) in [4.78, 5) is 6.83. The first-order valence-electron chi connectivity index (χ1n) is 8.22. The van der Waals surface area contributed by atoms with Crippen LogP contribution in [0, 0.1) is 13.8 Å². The van der Waals surface area contributed by atoms with E-state index < -0.39 is 0 Å². The van der Waals surface area contributed by atoms with Crippen molar-refractivity contribution in [1.29, 1.82) is 0 Å². The highest BCUT2D eigenvalue weighted by atomic mass is 15.1. The van der Waals surface area contributed by atoms with Gasteiger partial charge in [0.25, 0.3) is 0 Å². The molecule has 0 aliphatic carbocycles. The van der Waals surface area contributed by atoms with Gasteiger partial charge < -0.3 is 4.90 Å². The Labute approximate surface area is 142 Å². The highest BCUT2D eigenvalue weighted by Crippen LogP contribution is 2.25. The molecule has 4 rings (SSSR count). The predicted molar refractivity (Wildman–Crippen MR) is 98.4 cm³/mol. The van der Waals surface area contributed by atoms with Crippen molar-refractivity contribution in [3.8, 4) is 5.69 Å². The van der Waals surface area contributed by atoms with Crippen molar-refractivity contribution in [2.45, 2.75) is 13.8 Å². The number of nitrogens with zero attached hydrogens (tertiary/aromatic N) is 3. The Morgan fingerprint density at radius 2 is 1.88 bits per heavy atom. The molecular weight excluding hydrogens is 294 g/mol. The zero-order valence-corrected chi connectivity index (χ0v) is 14.0. The molecule has 3 aromatic rings. The third kappa shape index (κ3) is 2.38. The molecule has 24 heavy (non-hydrogen) atoms. The van der Waals surface area contributed by atoms with Crippen LogP contribution in [0.5, 0.6) is 0 Å². The van der Waals surface area contributed by atoms with Gasteiger partial charge in [-0.15, -0.1) is 0 Å². The third-order valence-electron chi connectivity index (χ3n) is 4.51. The number of aryl methyl sites for hydroxylation is 1. The van der Waals surface area contributed by atoms with Gasteiger partial charge in [-0.05, 0) is 25.1 Å². The molecule has 1 aliphatic rings. The SMILES string of the molecule is Cc1c(N2C=CC=CC2)cccc1-[n+]1c(C)cnc2ccccc21. The van der Waals surface area contributed by atoms with Crippen LogP contribution in [0.3, 0.4) is 0 Å². The van der Waals surface area contributed by atoms with Gasteiger partial charge >= 0.3 is 0 Å². The van der Waals surface area contributed by atoms with E-state index in [1.54, 1.807) is 0 Å². The normalized spacial score (nSPS) is 13.7. The quantitative estimate of drug-likeness (QED) is 0.666. The fourth-order valence-electron chi connectivity index (χ4n) is 3.30. The van der Waals surface area contributed by atoms with E-state index >= 15 is 0 Å². The molecule has 0 amide bonds. The summed E-state index contributed by atoms with van der Waals surface area (Å²) in [6.45, 7) is 5.20. The van der Waals surface area contributed by atoms with E-state index in [9.17, 15) is 0 Å². The lowest BCUT2D eigenvalue weighted by atomic mass is 10.1. The first-order valence-corrected chi connectivity index (χ1v) is 8.22. The smallest absolute Gasteiger partial charge is 0.237 e. The maximum atomic E-state index is 4.56. The van der Waals surface area contributed by atoms with E-state index in [1.165, 1.54) is 16.9 Å². The molecule has 0 N–H and O–H groups in total. The number of benzene rings is 2. The summed E-state index contributed by atoms with van der Waals surface area (Å²) in [5.41, 5.74) is 6.97. The molecule has 0 bridgehead atoms. The molecule has 0 radical (unpaired) electrons. The molecule has 0 unspecified atom stereocenters. The Morgan fingerprint density at radius 3 is 2.71 bits per heavy atom. The Hall–Kier alpha value is -2.94. The van der Waals surface area contributed by atoms with Crippen LogP contribution < -0.4 is 9.47 Å². The summed E-state index contributed by atoms with van der Waals surface area (Å²) in [5, 5.41) is 0. The van der Waals surface area contributed by atoms with Crippen molar-refractivity contribution in [2.75, 3.05) is 11.4 Å². The highest BCUT2D eigenvalue weighted by molar-refractivity contribution is 5.71. The maximum absolute atomic E-state index is 4.56. The van der Waals surface area contributed by atoms with Crippen LogP contribution in [0.1, 0.15) is 11.3 Å². The first kappa shape index (κ1) is 14.6. The van der Waals surface area contributed by atoms with Gasteiger partial charge in [-0.1, -0.05) is 30.4 Å². The second-order valence-corrected chi connectivity index (χ2v) is 6.07. The Bertz CT molecular complexity index is 970. The molecule has 0 spiro atoms. The van der Waals surface area contributed by atoms with Crippen LogP contribution in [-0.4, -0.2) is 11.5 Å². The minimum absolute atomic E-state index is 0.904. The number of aromatic nitrogens is 2. The van der Waals surface area contributed by atoms with Crippen LogP contribution in [0.25, 0.3) is 16.7 Å². The van der Waals surface area contributed by atoms with Gasteiger partial charge in [0.05, 0.1) is 11.9 Å². The zero-order valence-electron chi connectivity index (χ0n) is 14.0. The molecule has 0 saturated heterocycles. The standard InChI is InChI=1S/C21H20N3/c1-16-15-22-18-9-4-5-10-21(18)24(16)20-12-8-11-19(17(20)2)23-13-6-3-7-14-23/h3-13,15H,14H2,1-2H3/q+1. The van der Waals surface area contributed by atoms with Crippen LogP contribution in [0.2, 0.25) is 0 Å². The van der Waals surface area contributed by atoms with Crippen LogP contribution >= 0.6 is 0 Å². The minimum atomic E-state index is 0.904. The number of hydrogen-bond donors (Lipinski definition) is 0. The van der Waals surface area contributed by atoms with Gasteiger partial charge in [0.15, 0.2) is 0 Å². The molecule has 118 valence electrons. The predicted octanol–water partition coefficient (Wildman–Crippen LogP) is 4.02. The van der Waals surface area contributed by atoms with Crippen molar-refractivity contribution >= 4 is 16.7 Å². The van der Waals surface area contributed by atoms with Crippen LogP contribution in [0.4, 0.5) is 5.69 Å². The lowest BCUT2D eigenvalue weighted by Gasteiger charge is -2.23. The van der Waals surface area contributed by atoms with Gasteiger partial charge in [0, 0.05) is 37.4 Å². The molecule has 1 aliphatic heterocycles. The second-order valence-electron chi connectivity index (χ2n) is 6.07. The number of anilines is 1. The number of allylic oxidation sites excluding steroid dienone is 2. The molecule has 2 aromatic carbocycles. The average molecular weight is 314 g/mol. The van der Waals surface area contributed by atoms with Gasteiger partial charge in [0.2, 0.25) is 16.9 Å². The molecule has 3 heteroatoms. The first-order chi connectivity index (χ1) is 11.8. The van der Waals surface area contributed by atoms with Gasteiger partial charge in [0.1, 0.15) is 5.52 Å². The summed E-state index contributed by atoms with van der Waals surface area (Å²) in [6.07, 6.45) is 10.4. The summed E-state index contributed by atoms with van der Waals surface area (Å²) in [6, 6.07) is 14.8. The average Bonchev–Trinajstić information content (AvgIpc) is 2.63. The molecule has 2 heterocycles. The van der Waals surface area contributed by atoms with Crippen molar-refractivity contribution < 1.29 is 4.57 Å². The molecule has 0 atom stereocenters. The van der Waals surface area contributed by atoms with Crippen LogP contribution in [-0.2, 0) is 0 Å². The van der Waals surface area contributed by atoms with Crippen molar-refractivity contribution in [1.82, 2.24) is 4.98 Å². The summed E-state index contributed by atoms with van der Waals surface area (Å²) in [5.74, 6) is 0. The topological polar surface area (TPSA) is 20.0 Å². The maximum Gasteiger partial charge on any atom is 0.237 e. The highest BCUT2D eigenvalue weighted by Gasteiger charge is 2.21. The van der Waals surface area contributed by atoms with E-state index in [0.29, 0.717) is 0 Å². The van der Waals surface area contributed by atoms with Crippen molar-refractivity contribution in [3.05, 3.63) is 84.3 Å². The Balaban J connectivity index is 1.94. The van der Waals surface area contributed by atoms with E-state index in [-0.39, 0.29) is 0 Å². The van der Waals surface area contributed by atoms with Crippen molar-refractivity contribution in [2.24, 2.45) is 0 Å². The number of fused-ring (bicyclic) bond motifs is 1. The summed E-state index contributed by atoms with van der Waals surface area (Å²) >= 11 is 0. The third-order valence-corrected chi connectivity index (χ3v) is 4.51. The molecule has 3 nitrogen and oxygen atoms in total. The van der Waals surface area contributed by atoms with Gasteiger partial charge in [-0.2, -0.15) is 4.57 Å². The lowest BCUT2D eigenvalue weighted by molar-refractivity contribution is -0.575. The van der Waals surface area contributed by atoms with Crippen molar-refractivity contribution in [3.63, 3.8) is 0 Å². The van der Waals surface area contributed by atoms with E-state index in [1.807, 2.05) is 12.3 Å². The molecular formula is C21H20N3+.